The Labute approximate surface area is 133 Å². The fourth-order valence-corrected chi connectivity index (χ4v) is 1.88. The molecule has 0 radical (unpaired) electrons. The van der Waals surface area contributed by atoms with Crippen LogP contribution in [-0.2, 0) is 9.59 Å². The number of rotatable bonds is 5. The highest BCUT2D eigenvalue weighted by Crippen LogP contribution is 2.24. The first-order chi connectivity index (χ1) is 9.81. The van der Waals surface area contributed by atoms with Crippen molar-refractivity contribution in [2.75, 3.05) is 11.9 Å². The van der Waals surface area contributed by atoms with E-state index in [1.165, 1.54) is 18.2 Å². The molecule has 1 aromatic carbocycles. The number of hydrogen-bond donors (Lipinski definition) is 3. The summed E-state index contributed by atoms with van der Waals surface area (Å²) >= 11 is 11.6. The molecule has 0 aliphatic rings. The third-order valence-electron chi connectivity index (χ3n) is 3.28. The van der Waals surface area contributed by atoms with Gasteiger partial charge in [-0.2, -0.15) is 0 Å². The van der Waals surface area contributed by atoms with Crippen LogP contribution in [0.5, 0.6) is 0 Å². The number of aliphatic hydroxyl groups is 1. The van der Waals surface area contributed by atoms with Crippen molar-refractivity contribution < 1.29 is 14.7 Å². The Morgan fingerprint density at radius 3 is 2.29 bits per heavy atom. The Morgan fingerprint density at radius 1 is 1.14 bits per heavy atom. The summed E-state index contributed by atoms with van der Waals surface area (Å²) in [5.74, 6) is -1.65. The molecule has 0 saturated heterocycles. The fraction of sp³-hybridized carbons (Fsp3) is 0.429. The molecule has 116 valence electrons. The van der Waals surface area contributed by atoms with Gasteiger partial charge >= 0.3 is 11.8 Å². The van der Waals surface area contributed by atoms with E-state index >= 15 is 0 Å². The topological polar surface area (TPSA) is 78.4 Å². The number of anilines is 1. The molecular formula is C14H18Cl2N2O3. The first-order valence-electron chi connectivity index (χ1n) is 6.58. The summed E-state index contributed by atoms with van der Waals surface area (Å²) < 4.78 is 0. The smallest absolute Gasteiger partial charge is 0.313 e. The lowest BCUT2D eigenvalue weighted by atomic mass is 9.98. The van der Waals surface area contributed by atoms with Crippen LogP contribution in [0.3, 0.4) is 0 Å². The maximum Gasteiger partial charge on any atom is 0.313 e. The minimum atomic E-state index is -1.00. The van der Waals surface area contributed by atoms with Gasteiger partial charge in [-0.3, -0.25) is 9.59 Å². The summed E-state index contributed by atoms with van der Waals surface area (Å²) in [5.41, 5.74) is -0.634. The third-order valence-corrected chi connectivity index (χ3v) is 4.02. The van der Waals surface area contributed by atoms with Crippen LogP contribution in [0, 0.1) is 0 Å². The van der Waals surface area contributed by atoms with Gasteiger partial charge in [-0.1, -0.05) is 37.0 Å². The van der Waals surface area contributed by atoms with Crippen LogP contribution in [0.25, 0.3) is 0 Å². The molecule has 0 aliphatic heterocycles. The molecule has 7 heteroatoms. The largest absolute Gasteiger partial charge is 0.388 e. The summed E-state index contributed by atoms with van der Waals surface area (Å²) in [6, 6.07) is 4.50. The summed E-state index contributed by atoms with van der Waals surface area (Å²) in [6.45, 7) is 3.64. The van der Waals surface area contributed by atoms with E-state index in [1.807, 2.05) is 13.8 Å². The van der Waals surface area contributed by atoms with Crippen molar-refractivity contribution in [1.29, 1.82) is 0 Å². The number of amides is 2. The van der Waals surface area contributed by atoms with Crippen LogP contribution in [0.1, 0.15) is 26.7 Å². The van der Waals surface area contributed by atoms with Crippen molar-refractivity contribution in [3.63, 3.8) is 0 Å². The predicted octanol–water partition coefficient (Wildman–Crippen LogP) is 2.60. The van der Waals surface area contributed by atoms with Gasteiger partial charge in [0.1, 0.15) is 0 Å². The molecule has 0 spiro atoms. The molecule has 1 aromatic rings. The second-order valence-electron chi connectivity index (χ2n) is 4.70. The number of hydrogen-bond acceptors (Lipinski definition) is 3. The summed E-state index contributed by atoms with van der Waals surface area (Å²) in [4.78, 5) is 23.4. The Kier molecular flexibility index (Phi) is 6.45. The predicted molar refractivity (Wildman–Crippen MR) is 83.6 cm³/mol. The Hall–Kier alpha value is -1.30. The average molecular weight is 333 g/mol. The quantitative estimate of drug-likeness (QED) is 0.725. The van der Waals surface area contributed by atoms with Crippen LogP contribution in [0.15, 0.2) is 18.2 Å². The summed E-state index contributed by atoms with van der Waals surface area (Å²) in [6.07, 6.45) is 0.969. The first kappa shape index (κ1) is 17.8. The molecule has 5 nitrogen and oxygen atoms in total. The number of nitrogens with one attached hydrogen (secondary N) is 2. The Balaban J connectivity index is 2.59. The molecule has 3 N–H and O–H groups in total. The monoisotopic (exact) mass is 332 g/mol. The first-order valence-corrected chi connectivity index (χ1v) is 7.33. The zero-order chi connectivity index (χ0) is 16.0. The van der Waals surface area contributed by atoms with Crippen LogP contribution in [0.2, 0.25) is 10.0 Å². The zero-order valence-corrected chi connectivity index (χ0v) is 13.4. The Morgan fingerprint density at radius 2 is 1.76 bits per heavy atom. The second kappa shape index (κ2) is 7.64. The standard InChI is InChI=1S/C14H18Cl2N2O3/c1-3-14(21,4-2)8-17-12(19)13(20)18-9-5-6-10(15)11(16)7-9/h5-7,21H,3-4,8H2,1-2H3,(H,17,19)(H,18,20). The van der Waals surface area contributed by atoms with Crippen molar-refractivity contribution in [1.82, 2.24) is 5.32 Å². The van der Waals surface area contributed by atoms with Gasteiger partial charge < -0.3 is 15.7 Å². The van der Waals surface area contributed by atoms with Gasteiger partial charge in [-0.25, -0.2) is 0 Å². The van der Waals surface area contributed by atoms with E-state index in [-0.39, 0.29) is 11.6 Å². The number of carbonyl (C=O) groups excluding carboxylic acids is 2. The maximum atomic E-state index is 11.7. The number of halogens is 2. The third kappa shape index (κ3) is 5.19. The lowest BCUT2D eigenvalue weighted by molar-refractivity contribution is -0.136. The SMILES string of the molecule is CCC(O)(CC)CNC(=O)C(=O)Nc1ccc(Cl)c(Cl)c1. The molecule has 21 heavy (non-hydrogen) atoms. The van der Waals surface area contributed by atoms with Crippen molar-refractivity contribution in [3.05, 3.63) is 28.2 Å². The molecular weight excluding hydrogens is 315 g/mol. The van der Waals surface area contributed by atoms with E-state index in [1.54, 1.807) is 0 Å². The molecule has 0 aromatic heterocycles. The van der Waals surface area contributed by atoms with E-state index in [0.29, 0.717) is 23.6 Å². The summed E-state index contributed by atoms with van der Waals surface area (Å²) in [7, 11) is 0. The molecule has 0 saturated carbocycles. The van der Waals surface area contributed by atoms with Crippen LogP contribution >= 0.6 is 23.2 Å². The molecule has 0 heterocycles. The van der Waals surface area contributed by atoms with Crippen LogP contribution in [0.4, 0.5) is 5.69 Å². The maximum absolute atomic E-state index is 11.7. The average Bonchev–Trinajstić information content (AvgIpc) is 2.48. The van der Waals surface area contributed by atoms with Crippen LogP contribution in [-0.4, -0.2) is 29.1 Å². The van der Waals surface area contributed by atoms with Crippen LogP contribution < -0.4 is 10.6 Å². The normalized spacial score (nSPS) is 11.1. The highest BCUT2D eigenvalue weighted by Gasteiger charge is 2.24. The second-order valence-corrected chi connectivity index (χ2v) is 5.51. The highest BCUT2D eigenvalue weighted by molar-refractivity contribution is 6.42. The van der Waals surface area contributed by atoms with E-state index in [0.717, 1.165) is 0 Å². The highest BCUT2D eigenvalue weighted by atomic mass is 35.5. The van der Waals surface area contributed by atoms with Gasteiger partial charge in [0.05, 0.1) is 15.6 Å². The Bertz CT molecular complexity index is 531. The minimum Gasteiger partial charge on any atom is -0.388 e. The van der Waals surface area contributed by atoms with Crippen molar-refractivity contribution >= 4 is 40.7 Å². The van der Waals surface area contributed by atoms with E-state index in [4.69, 9.17) is 23.2 Å². The summed E-state index contributed by atoms with van der Waals surface area (Å²) in [5, 5.41) is 15.5. The molecule has 0 fully saturated rings. The van der Waals surface area contributed by atoms with E-state index in [9.17, 15) is 14.7 Å². The molecule has 1 rings (SSSR count). The van der Waals surface area contributed by atoms with Crippen molar-refractivity contribution in [2.45, 2.75) is 32.3 Å². The van der Waals surface area contributed by atoms with Gasteiger partial charge in [0.15, 0.2) is 0 Å². The zero-order valence-electron chi connectivity index (χ0n) is 11.9. The van der Waals surface area contributed by atoms with Crippen molar-refractivity contribution in [2.24, 2.45) is 0 Å². The van der Waals surface area contributed by atoms with Crippen molar-refractivity contribution in [3.8, 4) is 0 Å². The lowest BCUT2D eigenvalue weighted by Crippen LogP contribution is -2.45. The minimum absolute atomic E-state index is 0.0215. The fourth-order valence-electron chi connectivity index (χ4n) is 1.59. The van der Waals surface area contributed by atoms with E-state index in [2.05, 4.69) is 10.6 Å². The van der Waals surface area contributed by atoms with Gasteiger partial charge in [-0.15, -0.1) is 0 Å². The molecule has 0 unspecified atom stereocenters. The number of benzene rings is 1. The number of carbonyl (C=O) groups is 2. The molecule has 0 atom stereocenters. The lowest BCUT2D eigenvalue weighted by Gasteiger charge is -2.25. The molecule has 0 aliphatic carbocycles. The van der Waals surface area contributed by atoms with Gasteiger partial charge in [0, 0.05) is 12.2 Å². The van der Waals surface area contributed by atoms with E-state index < -0.39 is 17.4 Å². The van der Waals surface area contributed by atoms with Gasteiger partial charge in [0.2, 0.25) is 0 Å². The molecule has 0 bridgehead atoms. The molecule has 2 amide bonds. The van der Waals surface area contributed by atoms with Gasteiger partial charge in [-0.05, 0) is 31.0 Å². The van der Waals surface area contributed by atoms with Gasteiger partial charge in [0.25, 0.3) is 0 Å².